The van der Waals surface area contributed by atoms with Gasteiger partial charge in [0.05, 0.1) is 11.9 Å². The van der Waals surface area contributed by atoms with E-state index in [9.17, 15) is 0 Å². The van der Waals surface area contributed by atoms with Crippen molar-refractivity contribution in [3.8, 4) is 5.75 Å². The molecule has 27 heavy (non-hydrogen) atoms. The van der Waals surface area contributed by atoms with E-state index in [2.05, 4.69) is 55.6 Å². The van der Waals surface area contributed by atoms with E-state index in [4.69, 9.17) is 4.74 Å². The van der Waals surface area contributed by atoms with Crippen LogP contribution in [0.15, 0.2) is 84.0 Å². The summed E-state index contributed by atoms with van der Waals surface area (Å²) < 4.78 is 5.89. The van der Waals surface area contributed by atoms with Gasteiger partial charge in [0.1, 0.15) is 12.4 Å². The lowest BCUT2D eigenvalue weighted by Crippen LogP contribution is -2.10. The van der Waals surface area contributed by atoms with Gasteiger partial charge < -0.3 is 4.74 Å². The number of hydrogen-bond donors (Lipinski definition) is 1. The molecule has 0 bridgehead atoms. The molecule has 0 aromatic heterocycles. The minimum absolute atomic E-state index is 0.173. The Kier molecular flexibility index (Phi) is 5.92. The highest BCUT2D eigenvalue weighted by Crippen LogP contribution is 2.22. The van der Waals surface area contributed by atoms with Crippen molar-refractivity contribution < 1.29 is 4.74 Å². The second kappa shape index (κ2) is 8.54. The summed E-state index contributed by atoms with van der Waals surface area (Å²) in [6.45, 7) is 7.23. The number of ether oxygens (including phenoxy) is 1. The van der Waals surface area contributed by atoms with Crippen molar-refractivity contribution >= 4 is 11.9 Å². The number of hydrogen-bond acceptors (Lipinski definition) is 3. The lowest BCUT2D eigenvalue weighted by Gasteiger charge is -2.19. The van der Waals surface area contributed by atoms with Crippen LogP contribution in [-0.4, -0.2) is 6.21 Å². The Morgan fingerprint density at radius 1 is 0.852 bits per heavy atom. The van der Waals surface area contributed by atoms with Crippen molar-refractivity contribution in [2.45, 2.75) is 32.8 Å². The van der Waals surface area contributed by atoms with Crippen molar-refractivity contribution in [2.75, 3.05) is 5.43 Å². The standard InChI is InChI=1S/C24H26N2O/c1-24(2,3)21-13-9-20(10-14-21)18-27-23-15-11-19(12-16-23)17-25-26-22-7-5-4-6-8-22/h4-17,26H,18H2,1-3H3/b25-17+. The fraction of sp³-hybridized carbons (Fsp3) is 0.208. The highest BCUT2D eigenvalue weighted by molar-refractivity contribution is 5.80. The monoisotopic (exact) mass is 358 g/mol. The molecule has 0 unspecified atom stereocenters. The largest absolute Gasteiger partial charge is 0.489 e. The van der Waals surface area contributed by atoms with Gasteiger partial charge in [0, 0.05) is 0 Å². The van der Waals surface area contributed by atoms with E-state index in [1.807, 2.05) is 54.6 Å². The van der Waals surface area contributed by atoms with Crippen LogP contribution in [0.2, 0.25) is 0 Å². The van der Waals surface area contributed by atoms with Gasteiger partial charge in [-0.2, -0.15) is 5.10 Å². The fourth-order valence-electron chi connectivity index (χ4n) is 2.61. The molecule has 0 aliphatic rings. The summed E-state index contributed by atoms with van der Waals surface area (Å²) in [4.78, 5) is 0. The predicted molar refractivity (Wildman–Crippen MR) is 114 cm³/mol. The first-order valence-corrected chi connectivity index (χ1v) is 9.17. The predicted octanol–water partition coefficient (Wildman–Crippen LogP) is 6.01. The van der Waals surface area contributed by atoms with Gasteiger partial charge in [-0.05, 0) is 58.5 Å². The van der Waals surface area contributed by atoms with Crippen molar-refractivity contribution in [1.82, 2.24) is 0 Å². The van der Waals surface area contributed by atoms with Crippen LogP contribution in [0.4, 0.5) is 5.69 Å². The van der Waals surface area contributed by atoms with Gasteiger partial charge >= 0.3 is 0 Å². The van der Waals surface area contributed by atoms with E-state index < -0.39 is 0 Å². The van der Waals surface area contributed by atoms with Gasteiger partial charge in [0.15, 0.2) is 0 Å². The SMILES string of the molecule is CC(C)(C)c1ccc(COc2ccc(/C=N/Nc3ccccc3)cc2)cc1. The molecule has 3 nitrogen and oxygen atoms in total. The first-order chi connectivity index (χ1) is 13.0. The van der Waals surface area contributed by atoms with Crippen molar-refractivity contribution in [2.24, 2.45) is 5.10 Å². The molecule has 3 rings (SSSR count). The van der Waals surface area contributed by atoms with Crippen LogP contribution < -0.4 is 10.2 Å². The summed E-state index contributed by atoms with van der Waals surface area (Å²) in [7, 11) is 0. The molecule has 0 atom stereocenters. The van der Waals surface area contributed by atoms with Crippen LogP contribution in [-0.2, 0) is 12.0 Å². The molecular formula is C24H26N2O. The van der Waals surface area contributed by atoms with Crippen molar-refractivity contribution in [3.63, 3.8) is 0 Å². The minimum Gasteiger partial charge on any atom is -0.489 e. The summed E-state index contributed by atoms with van der Waals surface area (Å²) >= 11 is 0. The Labute approximate surface area is 161 Å². The number of nitrogens with zero attached hydrogens (tertiary/aromatic N) is 1. The molecule has 138 valence electrons. The molecule has 0 spiro atoms. The van der Waals surface area contributed by atoms with Gasteiger partial charge in [-0.25, -0.2) is 0 Å². The molecule has 3 heteroatoms. The molecule has 0 aliphatic carbocycles. The first kappa shape index (κ1) is 18.7. The van der Waals surface area contributed by atoms with Crippen LogP contribution in [0.1, 0.15) is 37.5 Å². The Balaban J connectivity index is 1.52. The molecule has 3 aromatic carbocycles. The van der Waals surface area contributed by atoms with Gasteiger partial charge in [-0.1, -0.05) is 63.2 Å². The number of nitrogens with one attached hydrogen (secondary N) is 1. The maximum Gasteiger partial charge on any atom is 0.119 e. The lowest BCUT2D eigenvalue weighted by atomic mass is 9.87. The van der Waals surface area contributed by atoms with E-state index in [1.54, 1.807) is 6.21 Å². The fourth-order valence-corrected chi connectivity index (χ4v) is 2.61. The van der Waals surface area contributed by atoms with Crippen LogP contribution in [0.25, 0.3) is 0 Å². The molecule has 0 radical (unpaired) electrons. The molecular weight excluding hydrogens is 332 g/mol. The van der Waals surface area contributed by atoms with Gasteiger partial charge in [-0.15, -0.1) is 0 Å². The number of anilines is 1. The van der Waals surface area contributed by atoms with Crippen LogP contribution in [0, 0.1) is 0 Å². The molecule has 0 aliphatic heterocycles. The van der Waals surface area contributed by atoms with Crippen LogP contribution in [0.5, 0.6) is 5.75 Å². The number of benzene rings is 3. The summed E-state index contributed by atoms with van der Waals surface area (Å²) in [6.07, 6.45) is 1.79. The van der Waals surface area contributed by atoms with Crippen molar-refractivity contribution in [3.05, 3.63) is 95.6 Å². The highest BCUT2D eigenvalue weighted by atomic mass is 16.5. The third-order valence-corrected chi connectivity index (χ3v) is 4.29. The average Bonchev–Trinajstić information content (AvgIpc) is 2.68. The topological polar surface area (TPSA) is 33.6 Å². The van der Waals surface area contributed by atoms with Crippen LogP contribution in [0.3, 0.4) is 0 Å². The van der Waals surface area contributed by atoms with E-state index in [1.165, 1.54) is 11.1 Å². The van der Waals surface area contributed by atoms with E-state index in [0.29, 0.717) is 6.61 Å². The Morgan fingerprint density at radius 2 is 1.52 bits per heavy atom. The summed E-state index contributed by atoms with van der Waals surface area (Å²) in [5, 5.41) is 4.25. The summed E-state index contributed by atoms with van der Waals surface area (Å²) in [6, 6.07) is 26.4. The van der Waals surface area contributed by atoms with E-state index >= 15 is 0 Å². The maximum atomic E-state index is 5.89. The summed E-state index contributed by atoms with van der Waals surface area (Å²) in [5.41, 5.74) is 7.66. The van der Waals surface area contributed by atoms with Gasteiger partial charge in [0.25, 0.3) is 0 Å². The van der Waals surface area contributed by atoms with Gasteiger partial charge in [0.2, 0.25) is 0 Å². The Bertz CT molecular complexity index is 861. The van der Waals surface area contributed by atoms with Crippen molar-refractivity contribution in [1.29, 1.82) is 0 Å². The number of hydrazone groups is 1. The third kappa shape index (κ3) is 5.71. The number of para-hydroxylation sites is 1. The summed E-state index contributed by atoms with van der Waals surface area (Å²) in [5.74, 6) is 0.850. The lowest BCUT2D eigenvalue weighted by molar-refractivity contribution is 0.306. The maximum absolute atomic E-state index is 5.89. The average molecular weight is 358 g/mol. The normalized spacial score (nSPS) is 11.5. The molecule has 3 aromatic rings. The first-order valence-electron chi connectivity index (χ1n) is 9.17. The molecule has 0 heterocycles. The molecule has 0 amide bonds. The molecule has 0 saturated heterocycles. The van der Waals surface area contributed by atoms with E-state index in [-0.39, 0.29) is 5.41 Å². The zero-order chi connectivity index (χ0) is 19.1. The Morgan fingerprint density at radius 3 is 2.15 bits per heavy atom. The second-order valence-electron chi connectivity index (χ2n) is 7.54. The zero-order valence-electron chi connectivity index (χ0n) is 16.1. The minimum atomic E-state index is 0.173. The Hall–Kier alpha value is -3.07. The van der Waals surface area contributed by atoms with Crippen LogP contribution >= 0.6 is 0 Å². The zero-order valence-corrected chi connectivity index (χ0v) is 16.1. The van der Waals surface area contributed by atoms with E-state index in [0.717, 1.165) is 17.0 Å². The highest BCUT2D eigenvalue weighted by Gasteiger charge is 2.12. The quantitative estimate of drug-likeness (QED) is 0.432. The third-order valence-electron chi connectivity index (χ3n) is 4.29. The van der Waals surface area contributed by atoms with Gasteiger partial charge in [-0.3, -0.25) is 5.43 Å². The molecule has 0 fully saturated rings. The molecule has 1 N–H and O–H groups in total. The second-order valence-corrected chi connectivity index (χ2v) is 7.54. The smallest absolute Gasteiger partial charge is 0.119 e. The molecule has 0 saturated carbocycles. The number of rotatable bonds is 6.